The van der Waals surface area contributed by atoms with E-state index in [0.717, 1.165) is 24.2 Å². The van der Waals surface area contributed by atoms with Gasteiger partial charge < -0.3 is 4.74 Å². The summed E-state index contributed by atoms with van der Waals surface area (Å²) in [5.74, 6) is 1.40. The third-order valence-electron chi connectivity index (χ3n) is 4.83. The van der Waals surface area contributed by atoms with Crippen LogP contribution in [0.5, 0.6) is 5.75 Å². The van der Waals surface area contributed by atoms with E-state index in [1.54, 1.807) is 0 Å². The summed E-state index contributed by atoms with van der Waals surface area (Å²) in [7, 11) is 0. The zero-order valence-electron chi connectivity index (χ0n) is 13.2. The molecule has 0 aliphatic heterocycles. The smallest absolute Gasteiger partial charge is 0.144 e. The normalized spacial score (nSPS) is 20.7. The summed E-state index contributed by atoms with van der Waals surface area (Å²) < 4.78 is 6.15. The predicted octanol–water partition coefficient (Wildman–Crippen LogP) is 3.42. The van der Waals surface area contributed by atoms with Gasteiger partial charge in [-0.15, -0.1) is 0 Å². The van der Waals surface area contributed by atoms with Crippen molar-refractivity contribution in [2.75, 3.05) is 6.61 Å². The molecule has 0 aromatic heterocycles. The second-order valence-electron chi connectivity index (χ2n) is 6.72. The average molecular weight is 284 g/mol. The molecule has 1 N–H and O–H groups in total. The Kier molecular flexibility index (Phi) is 3.67. The summed E-state index contributed by atoms with van der Waals surface area (Å²) >= 11 is 0. The molecule has 0 spiro atoms. The molecule has 3 heteroatoms. The van der Waals surface area contributed by atoms with Gasteiger partial charge in [-0.3, -0.25) is 5.32 Å². The maximum atomic E-state index is 9.74. The number of nitriles is 1. The number of nitrogens with zero attached hydrogens (tertiary/aromatic N) is 1. The Labute approximate surface area is 127 Å². The maximum Gasteiger partial charge on any atom is 0.144 e. The van der Waals surface area contributed by atoms with Crippen molar-refractivity contribution in [3.8, 4) is 11.8 Å². The van der Waals surface area contributed by atoms with E-state index in [0.29, 0.717) is 18.6 Å². The molecule has 21 heavy (non-hydrogen) atoms. The lowest BCUT2D eigenvalue weighted by Gasteiger charge is -2.29. The first-order valence-electron chi connectivity index (χ1n) is 7.94. The number of hydrogen-bond acceptors (Lipinski definition) is 3. The molecule has 2 fully saturated rings. The van der Waals surface area contributed by atoms with Gasteiger partial charge in [0.25, 0.3) is 0 Å². The van der Waals surface area contributed by atoms with E-state index in [9.17, 15) is 5.26 Å². The topological polar surface area (TPSA) is 45.0 Å². The second kappa shape index (κ2) is 5.35. The minimum Gasteiger partial charge on any atom is -0.490 e. The van der Waals surface area contributed by atoms with Gasteiger partial charge in [-0.05, 0) is 69.1 Å². The molecule has 2 aliphatic rings. The number of ether oxygens (including phenoxy) is 1. The number of benzene rings is 1. The van der Waals surface area contributed by atoms with Gasteiger partial charge in [0.2, 0.25) is 0 Å². The maximum absolute atomic E-state index is 9.74. The fourth-order valence-electron chi connectivity index (χ4n) is 2.93. The highest BCUT2D eigenvalue weighted by molar-refractivity contribution is 5.44. The molecule has 3 nitrogen and oxygen atoms in total. The molecule has 0 radical (unpaired) electrons. The Morgan fingerprint density at radius 1 is 1.19 bits per heavy atom. The van der Waals surface area contributed by atoms with Gasteiger partial charge in [0, 0.05) is 6.04 Å². The molecule has 1 atom stereocenters. The van der Waals surface area contributed by atoms with Crippen LogP contribution in [-0.2, 0) is 0 Å². The van der Waals surface area contributed by atoms with Crippen LogP contribution in [0.25, 0.3) is 0 Å². The van der Waals surface area contributed by atoms with Crippen LogP contribution >= 0.6 is 0 Å². The van der Waals surface area contributed by atoms with Crippen LogP contribution in [0.3, 0.4) is 0 Å². The van der Waals surface area contributed by atoms with Crippen molar-refractivity contribution in [3.63, 3.8) is 0 Å². The molecule has 2 aliphatic carbocycles. The quantitative estimate of drug-likeness (QED) is 0.870. The number of hydrogen-bond donors (Lipinski definition) is 1. The minimum atomic E-state index is -0.496. The Bertz CT molecular complexity index is 582. The average Bonchev–Trinajstić information content (AvgIpc) is 3.34. The zero-order valence-corrected chi connectivity index (χ0v) is 13.2. The van der Waals surface area contributed by atoms with E-state index >= 15 is 0 Å². The van der Waals surface area contributed by atoms with Gasteiger partial charge >= 0.3 is 0 Å². The van der Waals surface area contributed by atoms with E-state index in [1.165, 1.54) is 24.0 Å². The number of rotatable bonds is 6. The highest BCUT2D eigenvalue weighted by Gasteiger charge is 2.49. The summed E-state index contributed by atoms with van der Waals surface area (Å²) in [4.78, 5) is 0. The van der Waals surface area contributed by atoms with Gasteiger partial charge in [-0.1, -0.05) is 12.1 Å². The molecular weight excluding hydrogens is 260 g/mol. The lowest BCUT2D eigenvalue weighted by molar-refractivity contribution is 0.198. The van der Waals surface area contributed by atoms with Crippen molar-refractivity contribution < 1.29 is 4.74 Å². The summed E-state index contributed by atoms with van der Waals surface area (Å²) in [6.45, 7) is 6.72. The predicted molar refractivity (Wildman–Crippen MR) is 83.4 cm³/mol. The zero-order chi connectivity index (χ0) is 15.0. The molecule has 1 aromatic carbocycles. The standard InChI is InChI=1S/C18H24N2O/c1-12-4-5-13(2)17(14(12)3)21-11-18(10-19,15-6-7-15)20-16-8-9-16/h4-5,15-16,20H,6-9,11H2,1-3H3. The van der Waals surface area contributed by atoms with Crippen LogP contribution < -0.4 is 10.1 Å². The van der Waals surface area contributed by atoms with Crippen LogP contribution in [0.1, 0.15) is 42.4 Å². The molecular formula is C18H24N2O. The van der Waals surface area contributed by atoms with E-state index < -0.39 is 5.54 Å². The van der Waals surface area contributed by atoms with E-state index in [1.807, 2.05) is 0 Å². The first-order chi connectivity index (χ1) is 10.1. The van der Waals surface area contributed by atoms with Crippen LogP contribution in [0.15, 0.2) is 12.1 Å². The molecule has 0 saturated heterocycles. The van der Waals surface area contributed by atoms with Crippen molar-refractivity contribution in [1.82, 2.24) is 5.32 Å². The molecule has 1 aromatic rings. The highest BCUT2D eigenvalue weighted by Crippen LogP contribution is 2.42. The lowest BCUT2D eigenvalue weighted by Crippen LogP contribution is -2.52. The Hall–Kier alpha value is -1.53. The Balaban J connectivity index is 1.78. The first-order valence-corrected chi connectivity index (χ1v) is 7.94. The van der Waals surface area contributed by atoms with Crippen molar-refractivity contribution >= 4 is 0 Å². The Morgan fingerprint density at radius 2 is 1.86 bits per heavy atom. The van der Waals surface area contributed by atoms with Gasteiger partial charge in [0.15, 0.2) is 0 Å². The largest absolute Gasteiger partial charge is 0.490 e. The molecule has 3 rings (SSSR count). The summed E-state index contributed by atoms with van der Waals surface area (Å²) in [6, 6.07) is 7.28. The van der Waals surface area contributed by atoms with E-state index in [-0.39, 0.29) is 0 Å². The van der Waals surface area contributed by atoms with Crippen LogP contribution in [0.4, 0.5) is 0 Å². The van der Waals surface area contributed by atoms with Crippen molar-refractivity contribution in [3.05, 3.63) is 28.8 Å². The van der Waals surface area contributed by atoms with E-state index in [2.05, 4.69) is 44.3 Å². The van der Waals surface area contributed by atoms with Gasteiger partial charge in [0.1, 0.15) is 17.9 Å². The lowest BCUT2D eigenvalue weighted by atomic mass is 9.95. The van der Waals surface area contributed by atoms with Crippen LogP contribution in [0.2, 0.25) is 0 Å². The van der Waals surface area contributed by atoms with E-state index in [4.69, 9.17) is 4.74 Å². The van der Waals surface area contributed by atoms with Crippen LogP contribution in [0, 0.1) is 38.0 Å². The number of nitrogens with one attached hydrogen (secondary N) is 1. The molecule has 0 bridgehead atoms. The molecule has 0 heterocycles. The monoisotopic (exact) mass is 284 g/mol. The van der Waals surface area contributed by atoms with Crippen molar-refractivity contribution in [2.24, 2.45) is 5.92 Å². The van der Waals surface area contributed by atoms with Crippen molar-refractivity contribution in [1.29, 1.82) is 5.26 Å². The van der Waals surface area contributed by atoms with Crippen LogP contribution in [-0.4, -0.2) is 18.2 Å². The SMILES string of the molecule is Cc1ccc(C)c(OCC(C#N)(NC2CC2)C2CC2)c1C. The first kappa shape index (κ1) is 14.4. The Morgan fingerprint density at radius 3 is 2.43 bits per heavy atom. The summed E-state index contributed by atoms with van der Waals surface area (Å²) in [6.07, 6.45) is 4.67. The molecule has 2 saturated carbocycles. The minimum absolute atomic E-state index is 0.452. The van der Waals surface area contributed by atoms with Crippen molar-refractivity contribution in [2.45, 2.75) is 58.0 Å². The molecule has 1 unspecified atom stereocenters. The van der Waals surface area contributed by atoms with Gasteiger partial charge in [0.05, 0.1) is 6.07 Å². The third-order valence-corrected chi connectivity index (χ3v) is 4.83. The second-order valence-corrected chi connectivity index (χ2v) is 6.72. The van der Waals surface area contributed by atoms with Gasteiger partial charge in [-0.25, -0.2) is 0 Å². The summed E-state index contributed by atoms with van der Waals surface area (Å²) in [5.41, 5.74) is 3.07. The highest BCUT2D eigenvalue weighted by atomic mass is 16.5. The third kappa shape index (κ3) is 2.91. The fourth-order valence-corrected chi connectivity index (χ4v) is 2.93. The molecule has 0 amide bonds. The fraction of sp³-hybridized carbons (Fsp3) is 0.611. The summed E-state index contributed by atoms with van der Waals surface area (Å²) in [5, 5.41) is 13.3. The van der Waals surface area contributed by atoms with Gasteiger partial charge in [-0.2, -0.15) is 5.26 Å². The number of aryl methyl sites for hydroxylation is 2. The molecule has 112 valence electrons.